The molecule has 6 nitrogen and oxygen atoms in total. The van der Waals surface area contributed by atoms with Crippen molar-refractivity contribution in [3.8, 4) is 90.3 Å². The van der Waals surface area contributed by atoms with Gasteiger partial charge in [0, 0.05) is 43.8 Å². The average Bonchev–Trinajstić information content (AvgIpc) is 4.04. The van der Waals surface area contributed by atoms with Gasteiger partial charge in [-0.05, 0) is 94.0 Å². The molecule has 0 amide bonds. The van der Waals surface area contributed by atoms with Crippen LogP contribution >= 0.6 is 0 Å². The first-order chi connectivity index (χ1) is 36.7. The van der Waals surface area contributed by atoms with Crippen LogP contribution in [0.15, 0.2) is 267 Å². The number of benzene rings is 10. The Hall–Kier alpha value is -10.0. The molecule has 6 heteroatoms. The zero-order chi connectivity index (χ0) is 49.0. The predicted molar refractivity (Wildman–Crippen MR) is 304 cm³/mol. The van der Waals surface area contributed by atoms with E-state index >= 15 is 0 Å². The van der Waals surface area contributed by atoms with Crippen LogP contribution in [0.1, 0.15) is 0 Å². The van der Waals surface area contributed by atoms with Crippen LogP contribution in [0.2, 0.25) is 0 Å². The second-order valence-corrected chi connectivity index (χ2v) is 18.7. The molecular weight excluding hydrogens is 901 g/mol. The number of hydrogen-bond acceptors (Lipinski definition) is 4. The molecule has 4 aromatic heterocycles. The summed E-state index contributed by atoms with van der Waals surface area (Å²) in [5, 5.41) is 4.46. The van der Waals surface area contributed by atoms with Crippen molar-refractivity contribution in [2.45, 2.75) is 0 Å². The molecule has 0 saturated carbocycles. The van der Waals surface area contributed by atoms with Gasteiger partial charge in [-0.25, -0.2) is 19.9 Å². The van der Waals surface area contributed by atoms with Gasteiger partial charge in [-0.3, -0.25) is 9.13 Å². The summed E-state index contributed by atoms with van der Waals surface area (Å²) >= 11 is 0. The fourth-order valence-corrected chi connectivity index (χ4v) is 10.6. The first-order valence-electron chi connectivity index (χ1n) is 25.0. The Bertz CT molecular complexity index is 3980. The fourth-order valence-electron chi connectivity index (χ4n) is 10.6. The molecule has 346 valence electrons. The lowest BCUT2D eigenvalue weighted by atomic mass is 9.98. The molecule has 0 saturated heterocycles. The number of nitrogens with zero attached hydrogens (tertiary/aromatic N) is 6. The summed E-state index contributed by atoms with van der Waals surface area (Å²) in [7, 11) is 0. The van der Waals surface area contributed by atoms with E-state index in [1.807, 2.05) is 24.3 Å². The van der Waals surface area contributed by atoms with Gasteiger partial charge in [-0.1, -0.05) is 206 Å². The maximum absolute atomic E-state index is 5.34. The number of fused-ring (bicyclic) bond motifs is 6. The Morgan fingerprint density at radius 3 is 0.649 bits per heavy atom. The SMILES string of the molecule is c1ccc(-c2ccc3c(c2)c2cc(-c4ccc5c(c4)c4cc(-c6ccccc6)ccc4n5-c4nc(-c5ccccc5)cc(-c5ccccc5)n4)ccc2n3-c2nc(-c3ccccc3)cc(-c3ccccc3)n2)cc1. The zero-order valence-electron chi connectivity index (χ0n) is 40.1. The summed E-state index contributed by atoms with van der Waals surface area (Å²) in [6, 6.07) is 94.0. The van der Waals surface area contributed by atoms with Crippen LogP contribution < -0.4 is 0 Å². The van der Waals surface area contributed by atoms with Gasteiger partial charge in [0.05, 0.1) is 44.8 Å². The lowest BCUT2D eigenvalue weighted by Gasteiger charge is -2.12. The minimum Gasteiger partial charge on any atom is -0.278 e. The van der Waals surface area contributed by atoms with Crippen LogP contribution in [0.5, 0.6) is 0 Å². The Morgan fingerprint density at radius 2 is 0.405 bits per heavy atom. The first-order valence-corrected chi connectivity index (χ1v) is 25.0. The Morgan fingerprint density at radius 1 is 0.189 bits per heavy atom. The fraction of sp³-hybridized carbons (Fsp3) is 0. The molecule has 14 rings (SSSR count). The average molecular weight is 945 g/mol. The highest BCUT2D eigenvalue weighted by Gasteiger charge is 2.22. The third-order valence-corrected chi connectivity index (χ3v) is 14.2. The number of aromatic nitrogens is 6. The largest absolute Gasteiger partial charge is 0.278 e. The van der Waals surface area contributed by atoms with Crippen molar-refractivity contribution in [2.24, 2.45) is 0 Å². The van der Waals surface area contributed by atoms with Crippen molar-refractivity contribution in [2.75, 3.05) is 0 Å². The smallest absolute Gasteiger partial charge is 0.235 e. The molecule has 4 heterocycles. The molecule has 14 aromatic rings. The molecular formula is C68H44N6. The third-order valence-electron chi connectivity index (χ3n) is 14.2. The van der Waals surface area contributed by atoms with E-state index in [0.29, 0.717) is 11.9 Å². The molecule has 10 aromatic carbocycles. The van der Waals surface area contributed by atoms with Gasteiger partial charge < -0.3 is 0 Å². The van der Waals surface area contributed by atoms with Crippen LogP contribution in [0.3, 0.4) is 0 Å². The van der Waals surface area contributed by atoms with Gasteiger partial charge in [0.25, 0.3) is 0 Å². The second kappa shape index (κ2) is 18.0. The van der Waals surface area contributed by atoms with E-state index < -0.39 is 0 Å². The highest BCUT2D eigenvalue weighted by Crippen LogP contribution is 2.41. The van der Waals surface area contributed by atoms with E-state index in [1.54, 1.807) is 0 Å². The maximum Gasteiger partial charge on any atom is 0.235 e. The van der Waals surface area contributed by atoms with E-state index in [2.05, 4.69) is 252 Å². The Labute approximate surface area is 427 Å². The van der Waals surface area contributed by atoms with Gasteiger partial charge >= 0.3 is 0 Å². The normalized spacial score (nSPS) is 11.5. The standard InChI is InChI=1S/C68H44N6/c1-7-19-45(20-8-1)51-31-35-63-55(39-51)57-41-53(33-37-65(57)73(63)67-69-59(47-23-11-3-12-24-47)43-60(70-67)48-25-13-4-14-26-48)54-34-38-66-58(42-54)56-40-52(46-21-9-2-10-22-46)32-36-64(56)74(66)68-71-61(49-27-15-5-16-28-49)44-62(72-68)50-29-17-6-18-30-50/h1-44H. The molecule has 74 heavy (non-hydrogen) atoms. The molecule has 0 fully saturated rings. The highest BCUT2D eigenvalue weighted by molar-refractivity contribution is 6.14. The Kier molecular flexibility index (Phi) is 10.4. The third kappa shape index (κ3) is 7.61. The molecule has 0 bridgehead atoms. The van der Waals surface area contributed by atoms with Crippen molar-refractivity contribution >= 4 is 43.6 Å². The van der Waals surface area contributed by atoms with E-state index in [4.69, 9.17) is 19.9 Å². The number of hydrogen-bond donors (Lipinski definition) is 0. The summed E-state index contributed by atoms with van der Waals surface area (Å²) in [5.74, 6) is 1.23. The minimum atomic E-state index is 0.614. The van der Waals surface area contributed by atoms with Crippen LogP contribution in [0.25, 0.3) is 134 Å². The van der Waals surface area contributed by atoms with Crippen molar-refractivity contribution in [1.29, 1.82) is 0 Å². The molecule has 0 atom stereocenters. The van der Waals surface area contributed by atoms with Gasteiger partial charge in [0.2, 0.25) is 11.9 Å². The van der Waals surface area contributed by atoms with Crippen LogP contribution in [-0.2, 0) is 0 Å². The second-order valence-electron chi connectivity index (χ2n) is 18.7. The van der Waals surface area contributed by atoms with Crippen LogP contribution in [0, 0.1) is 0 Å². The van der Waals surface area contributed by atoms with Crippen LogP contribution in [0.4, 0.5) is 0 Å². The molecule has 0 aliphatic heterocycles. The van der Waals surface area contributed by atoms with Gasteiger partial charge in [0.15, 0.2) is 0 Å². The van der Waals surface area contributed by atoms with Crippen molar-refractivity contribution in [3.05, 3.63) is 267 Å². The summed E-state index contributed by atoms with van der Waals surface area (Å²) in [5.41, 5.74) is 18.5. The van der Waals surface area contributed by atoms with E-state index in [0.717, 1.165) is 122 Å². The molecule has 0 aliphatic rings. The molecule has 0 unspecified atom stereocenters. The summed E-state index contributed by atoms with van der Waals surface area (Å²) in [6.07, 6.45) is 0. The van der Waals surface area contributed by atoms with E-state index in [9.17, 15) is 0 Å². The van der Waals surface area contributed by atoms with Crippen LogP contribution in [-0.4, -0.2) is 29.1 Å². The van der Waals surface area contributed by atoms with Gasteiger partial charge in [0.1, 0.15) is 0 Å². The molecule has 0 radical (unpaired) electrons. The topological polar surface area (TPSA) is 61.4 Å². The summed E-state index contributed by atoms with van der Waals surface area (Å²) < 4.78 is 4.47. The summed E-state index contributed by atoms with van der Waals surface area (Å²) in [4.78, 5) is 21.3. The van der Waals surface area contributed by atoms with Crippen molar-refractivity contribution < 1.29 is 0 Å². The summed E-state index contributed by atoms with van der Waals surface area (Å²) in [6.45, 7) is 0. The van der Waals surface area contributed by atoms with Gasteiger partial charge in [-0.2, -0.15) is 0 Å². The molecule has 0 aliphatic carbocycles. The zero-order valence-corrected chi connectivity index (χ0v) is 40.1. The minimum absolute atomic E-state index is 0.614. The molecule has 0 N–H and O–H groups in total. The first kappa shape index (κ1) is 42.8. The quantitative estimate of drug-likeness (QED) is 0.145. The predicted octanol–water partition coefficient (Wildman–Crippen LogP) is 17.1. The Balaban J connectivity index is 0.989. The monoisotopic (exact) mass is 944 g/mol. The molecule has 0 spiro atoms. The van der Waals surface area contributed by atoms with Gasteiger partial charge in [-0.15, -0.1) is 0 Å². The lowest BCUT2D eigenvalue weighted by molar-refractivity contribution is 0.995. The van der Waals surface area contributed by atoms with Crippen molar-refractivity contribution in [1.82, 2.24) is 29.1 Å². The number of rotatable bonds is 9. The lowest BCUT2D eigenvalue weighted by Crippen LogP contribution is -2.04. The van der Waals surface area contributed by atoms with E-state index in [1.165, 1.54) is 0 Å². The highest BCUT2D eigenvalue weighted by atomic mass is 15.2. The maximum atomic E-state index is 5.34. The van der Waals surface area contributed by atoms with Crippen molar-refractivity contribution in [3.63, 3.8) is 0 Å². The van der Waals surface area contributed by atoms with E-state index in [-0.39, 0.29) is 0 Å².